The number of esters is 1. The molecule has 4 aliphatic carbocycles. The Balaban J connectivity index is 1.11. The van der Waals surface area contributed by atoms with Crippen molar-refractivity contribution in [2.24, 2.45) is 51.5 Å². The number of benzene rings is 2. The molecule has 2 aromatic rings. The normalized spacial score (nSPS) is 31.3. The summed E-state index contributed by atoms with van der Waals surface area (Å²) < 4.78 is 17.0. The minimum absolute atomic E-state index is 0.0292. The highest BCUT2D eigenvalue weighted by Crippen LogP contribution is 2.67. The van der Waals surface area contributed by atoms with Gasteiger partial charge in [0.05, 0.1) is 11.3 Å². The van der Waals surface area contributed by atoms with Gasteiger partial charge in [-0.05, 0) is 127 Å². The molecular formula is C46H56ClNO6. The van der Waals surface area contributed by atoms with Crippen LogP contribution in [0.4, 0.5) is 0 Å². The molecule has 2 aromatic carbocycles. The fourth-order valence-corrected chi connectivity index (χ4v) is 11.0. The molecule has 7 nitrogen and oxygen atoms in total. The standard InChI is InChI=1S/C46H56ClNO6/c1-29(2)9-8-10-30(3)36-18-19-37-43-38(22-24-46(36,37)5)45(4)23-21-35(53-44(50)32-14-16-34(47)17-15-32)26-33(45)27-39(43)48-54-42(49)12-7-6-11-31-13-20-40-41(25-31)52-28-51-40/h6-7,11-17,20,25,27,29-30,35-38,43H,8-10,18-19,21-24,26,28H2,1-5H3/b11-6+,12-7+,48-39+/t30-,35+,36-,37+,38+,43+,45+,46-/m1/s1. The summed E-state index contributed by atoms with van der Waals surface area (Å²) in [6.45, 7) is 12.3. The molecule has 5 aliphatic rings. The van der Waals surface area contributed by atoms with Gasteiger partial charge in [-0.1, -0.05) is 101 Å². The summed E-state index contributed by atoms with van der Waals surface area (Å²) in [5, 5.41) is 5.29. The summed E-state index contributed by atoms with van der Waals surface area (Å²) in [5.41, 5.74) is 3.75. The van der Waals surface area contributed by atoms with Gasteiger partial charge >= 0.3 is 11.9 Å². The number of fused-ring (bicyclic) bond motifs is 6. The van der Waals surface area contributed by atoms with Crippen LogP contribution in [0.5, 0.6) is 11.5 Å². The van der Waals surface area contributed by atoms with Crippen LogP contribution in [0.3, 0.4) is 0 Å². The van der Waals surface area contributed by atoms with E-state index in [-0.39, 0.29) is 35.6 Å². The van der Waals surface area contributed by atoms with E-state index >= 15 is 0 Å². The van der Waals surface area contributed by atoms with Crippen molar-refractivity contribution in [3.8, 4) is 11.5 Å². The van der Waals surface area contributed by atoms with Crippen LogP contribution in [0.2, 0.25) is 5.02 Å². The first-order valence-corrected chi connectivity index (χ1v) is 20.5. The van der Waals surface area contributed by atoms with E-state index in [9.17, 15) is 9.59 Å². The first-order chi connectivity index (χ1) is 25.9. The highest BCUT2D eigenvalue weighted by atomic mass is 35.5. The Hall–Kier alpha value is -3.84. The lowest BCUT2D eigenvalue weighted by molar-refractivity contribution is -0.137. The minimum atomic E-state index is -0.513. The topological polar surface area (TPSA) is 83.4 Å². The minimum Gasteiger partial charge on any atom is -0.458 e. The van der Waals surface area contributed by atoms with Gasteiger partial charge in [0.2, 0.25) is 6.79 Å². The van der Waals surface area contributed by atoms with Gasteiger partial charge in [0, 0.05) is 23.4 Å². The van der Waals surface area contributed by atoms with Crippen molar-refractivity contribution < 1.29 is 28.6 Å². The monoisotopic (exact) mass is 753 g/mol. The van der Waals surface area contributed by atoms with E-state index in [4.69, 9.17) is 35.8 Å². The van der Waals surface area contributed by atoms with Crippen molar-refractivity contribution in [1.29, 1.82) is 0 Å². The van der Waals surface area contributed by atoms with Crippen molar-refractivity contribution >= 4 is 35.3 Å². The van der Waals surface area contributed by atoms with Crippen LogP contribution < -0.4 is 9.47 Å². The van der Waals surface area contributed by atoms with E-state index < -0.39 is 5.97 Å². The van der Waals surface area contributed by atoms with E-state index in [1.54, 1.807) is 36.4 Å². The Labute approximate surface area is 326 Å². The molecule has 0 radical (unpaired) electrons. The van der Waals surface area contributed by atoms with Crippen LogP contribution in [0.1, 0.15) is 115 Å². The second kappa shape index (κ2) is 16.1. The number of allylic oxidation sites excluding steroid dienone is 3. The summed E-state index contributed by atoms with van der Waals surface area (Å²) in [6.07, 6.45) is 19.8. The highest BCUT2D eigenvalue weighted by molar-refractivity contribution is 6.30. The van der Waals surface area contributed by atoms with E-state index in [1.807, 2.05) is 24.3 Å². The number of nitrogens with zero attached hydrogens (tertiary/aromatic N) is 1. The molecule has 8 heteroatoms. The third-order valence-corrected chi connectivity index (χ3v) is 14.0. The van der Waals surface area contributed by atoms with Crippen molar-refractivity contribution in [2.45, 2.75) is 105 Å². The van der Waals surface area contributed by atoms with Gasteiger partial charge in [0.15, 0.2) is 11.5 Å². The maximum absolute atomic E-state index is 13.1. The van der Waals surface area contributed by atoms with Gasteiger partial charge in [-0.15, -0.1) is 0 Å². The number of hydrogen-bond donors (Lipinski definition) is 0. The SMILES string of the molecule is CC(C)CCC[C@@H](C)[C@H]1CC[C@H]2[C@@H]3/C(=N/OC(=O)/C=C/C=C/c4ccc5c(c4)OCO5)C=C4C[C@@H](OC(=O)c5ccc(Cl)cc5)CC[C@]4(C)[C@H]3CC[C@]12C. The first kappa shape index (κ1) is 38.4. The van der Waals surface area contributed by atoms with Crippen LogP contribution in [0, 0.1) is 46.3 Å². The molecular weight excluding hydrogens is 698 g/mol. The maximum Gasteiger partial charge on any atom is 0.358 e. The van der Waals surface area contributed by atoms with Crippen molar-refractivity contribution in [2.75, 3.05) is 6.79 Å². The number of oxime groups is 1. The number of rotatable bonds is 11. The molecule has 3 saturated carbocycles. The molecule has 54 heavy (non-hydrogen) atoms. The molecule has 1 heterocycles. The molecule has 7 rings (SSSR count). The maximum atomic E-state index is 13.1. The van der Waals surface area contributed by atoms with Gasteiger partial charge in [-0.25, -0.2) is 9.59 Å². The van der Waals surface area contributed by atoms with E-state index in [0.29, 0.717) is 46.4 Å². The quantitative estimate of drug-likeness (QED) is 0.0747. The lowest BCUT2D eigenvalue weighted by atomic mass is 9.46. The van der Waals surface area contributed by atoms with E-state index in [1.165, 1.54) is 50.2 Å². The molecule has 288 valence electrons. The summed E-state index contributed by atoms with van der Waals surface area (Å²) in [4.78, 5) is 31.9. The molecule has 0 bridgehead atoms. The third kappa shape index (κ3) is 7.94. The summed E-state index contributed by atoms with van der Waals surface area (Å²) in [7, 11) is 0. The van der Waals surface area contributed by atoms with Crippen molar-refractivity contribution in [1.82, 2.24) is 0 Å². The number of hydrogen-bond acceptors (Lipinski definition) is 7. The predicted octanol–water partition coefficient (Wildman–Crippen LogP) is 11.4. The second-order valence-corrected chi connectivity index (χ2v) is 17.8. The lowest BCUT2D eigenvalue weighted by Gasteiger charge is -2.58. The van der Waals surface area contributed by atoms with Crippen molar-refractivity contribution in [3.05, 3.63) is 88.5 Å². The number of carbonyl (C=O) groups excluding carboxylic acids is 2. The fourth-order valence-electron chi connectivity index (χ4n) is 10.9. The number of halogens is 1. The second-order valence-electron chi connectivity index (χ2n) is 17.4. The van der Waals surface area contributed by atoms with Crippen molar-refractivity contribution in [3.63, 3.8) is 0 Å². The average Bonchev–Trinajstić information content (AvgIpc) is 3.76. The van der Waals surface area contributed by atoms with Gasteiger partial charge in [-0.2, -0.15) is 0 Å². The van der Waals surface area contributed by atoms with Gasteiger partial charge in [-0.3, -0.25) is 0 Å². The van der Waals surface area contributed by atoms with Gasteiger partial charge < -0.3 is 19.0 Å². The molecule has 0 saturated heterocycles. The van der Waals surface area contributed by atoms with E-state index in [2.05, 4.69) is 40.7 Å². The van der Waals surface area contributed by atoms with Crippen LogP contribution in [0.25, 0.3) is 6.08 Å². The summed E-state index contributed by atoms with van der Waals surface area (Å²) in [6, 6.07) is 12.6. The molecule has 8 atom stereocenters. The first-order valence-electron chi connectivity index (χ1n) is 20.2. The Morgan fingerprint density at radius 3 is 2.54 bits per heavy atom. The number of carbonyl (C=O) groups is 2. The molecule has 1 aliphatic heterocycles. The van der Waals surface area contributed by atoms with Crippen LogP contribution in [-0.2, 0) is 14.4 Å². The molecule has 0 unspecified atom stereocenters. The van der Waals surface area contributed by atoms with Gasteiger partial charge in [0.1, 0.15) is 6.10 Å². The van der Waals surface area contributed by atoms with E-state index in [0.717, 1.165) is 42.2 Å². The van der Waals surface area contributed by atoms with Crippen LogP contribution in [0.15, 0.2) is 77.5 Å². The zero-order valence-corrected chi connectivity index (χ0v) is 33.3. The predicted molar refractivity (Wildman–Crippen MR) is 213 cm³/mol. The largest absolute Gasteiger partial charge is 0.458 e. The molecule has 3 fully saturated rings. The summed E-state index contributed by atoms with van der Waals surface area (Å²) >= 11 is 6.06. The Kier molecular flexibility index (Phi) is 11.5. The van der Waals surface area contributed by atoms with Gasteiger partial charge in [0.25, 0.3) is 0 Å². The lowest BCUT2D eigenvalue weighted by Crippen LogP contribution is -2.54. The summed E-state index contributed by atoms with van der Waals surface area (Å²) in [5.74, 6) is 3.77. The Bertz CT molecular complexity index is 1830. The Morgan fingerprint density at radius 2 is 1.74 bits per heavy atom. The number of ether oxygens (including phenoxy) is 3. The van der Waals surface area contributed by atoms with Crippen LogP contribution >= 0.6 is 11.6 Å². The Morgan fingerprint density at radius 1 is 0.944 bits per heavy atom. The third-order valence-electron chi connectivity index (χ3n) is 13.7. The zero-order chi connectivity index (χ0) is 38.0. The molecule has 0 amide bonds. The molecule has 0 N–H and O–H groups in total. The average molecular weight is 754 g/mol. The smallest absolute Gasteiger partial charge is 0.358 e. The highest BCUT2D eigenvalue weighted by Gasteiger charge is 2.61. The molecule has 0 aromatic heterocycles. The fraction of sp³-hybridized carbons (Fsp3) is 0.543. The molecule has 0 spiro atoms. The zero-order valence-electron chi connectivity index (χ0n) is 32.5. The van der Waals surface area contributed by atoms with Crippen LogP contribution in [-0.4, -0.2) is 30.5 Å².